The van der Waals surface area contributed by atoms with Crippen LogP contribution in [0.15, 0.2) is 54.9 Å². The van der Waals surface area contributed by atoms with Crippen molar-refractivity contribution in [1.29, 1.82) is 0 Å². The van der Waals surface area contributed by atoms with Gasteiger partial charge in [-0.2, -0.15) is 5.10 Å². The second kappa shape index (κ2) is 5.93. The van der Waals surface area contributed by atoms with Crippen molar-refractivity contribution in [3.05, 3.63) is 60.4 Å². The van der Waals surface area contributed by atoms with Gasteiger partial charge in [0.05, 0.1) is 11.9 Å². The quantitative estimate of drug-likeness (QED) is 0.801. The molecule has 112 valence electrons. The Morgan fingerprint density at radius 3 is 2.77 bits per heavy atom. The maximum Gasteiger partial charge on any atom is 0.257 e. The van der Waals surface area contributed by atoms with Crippen molar-refractivity contribution in [3.8, 4) is 0 Å². The summed E-state index contributed by atoms with van der Waals surface area (Å²) >= 11 is 0. The van der Waals surface area contributed by atoms with Crippen LogP contribution in [0.1, 0.15) is 10.4 Å². The van der Waals surface area contributed by atoms with E-state index in [1.54, 1.807) is 12.1 Å². The predicted molar refractivity (Wildman–Crippen MR) is 80.1 cm³/mol. The highest BCUT2D eigenvalue weighted by Crippen LogP contribution is 2.19. The first-order chi connectivity index (χ1) is 10.6. The van der Waals surface area contributed by atoms with Gasteiger partial charge in [-0.3, -0.25) is 9.48 Å². The summed E-state index contributed by atoms with van der Waals surface area (Å²) in [4.78, 5) is 12.4. The highest BCUT2D eigenvalue weighted by molar-refractivity contribution is 6.12. The van der Waals surface area contributed by atoms with Crippen LogP contribution >= 0.6 is 0 Å². The fourth-order valence-corrected chi connectivity index (χ4v) is 2.29. The van der Waals surface area contributed by atoms with E-state index in [0.29, 0.717) is 11.3 Å². The van der Waals surface area contributed by atoms with Crippen LogP contribution in [-0.2, 0) is 6.54 Å². The minimum absolute atomic E-state index is 0.298. The number of rotatable bonds is 4. The van der Waals surface area contributed by atoms with Crippen molar-refractivity contribution in [1.82, 2.24) is 9.78 Å². The number of nitrogens with zero attached hydrogens (tertiary/aromatic N) is 2. The number of hydrogen-bond acceptors (Lipinski definition) is 2. The maximum absolute atomic E-state index is 12.4. The average molecular weight is 301 g/mol. The van der Waals surface area contributed by atoms with Gasteiger partial charge in [-0.1, -0.05) is 36.4 Å². The Morgan fingerprint density at radius 2 is 1.95 bits per heavy atom. The van der Waals surface area contributed by atoms with E-state index in [-0.39, 0.29) is 5.91 Å². The Morgan fingerprint density at radius 1 is 1.18 bits per heavy atom. The molecule has 4 nitrogen and oxygen atoms in total. The summed E-state index contributed by atoms with van der Waals surface area (Å²) in [6.07, 6.45) is 0.252. The monoisotopic (exact) mass is 301 g/mol. The molecule has 0 atom stereocenters. The second-order valence-electron chi connectivity index (χ2n) is 4.82. The third-order valence-corrected chi connectivity index (χ3v) is 3.25. The lowest BCUT2D eigenvalue weighted by atomic mass is 10.0. The Labute approximate surface area is 125 Å². The van der Waals surface area contributed by atoms with Crippen LogP contribution in [0.3, 0.4) is 0 Å². The Hall–Kier alpha value is -2.76. The van der Waals surface area contributed by atoms with Crippen molar-refractivity contribution < 1.29 is 13.6 Å². The van der Waals surface area contributed by atoms with Gasteiger partial charge < -0.3 is 5.32 Å². The van der Waals surface area contributed by atoms with Gasteiger partial charge in [0.2, 0.25) is 0 Å². The molecule has 22 heavy (non-hydrogen) atoms. The molecule has 2 aromatic carbocycles. The molecule has 1 heterocycles. The van der Waals surface area contributed by atoms with E-state index in [2.05, 4.69) is 10.4 Å². The van der Waals surface area contributed by atoms with E-state index in [1.165, 1.54) is 12.4 Å². The third-order valence-electron chi connectivity index (χ3n) is 3.25. The van der Waals surface area contributed by atoms with E-state index in [0.717, 1.165) is 15.5 Å². The highest BCUT2D eigenvalue weighted by atomic mass is 19.3. The number of amides is 1. The molecular weight excluding hydrogens is 288 g/mol. The molecule has 0 saturated heterocycles. The van der Waals surface area contributed by atoms with Crippen LogP contribution in [-0.4, -0.2) is 22.1 Å². The van der Waals surface area contributed by atoms with Crippen molar-refractivity contribution in [3.63, 3.8) is 0 Å². The van der Waals surface area contributed by atoms with Gasteiger partial charge in [0, 0.05) is 11.8 Å². The first kappa shape index (κ1) is 14.2. The Kier molecular flexibility index (Phi) is 3.82. The van der Waals surface area contributed by atoms with Gasteiger partial charge >= 0.3 is 0 Å². The number of hydrogen-bond donors (Lipinski definition) is 1. The first-order valence-electron chi connectivity index (χ1n) is 6.73. The topological polar surface area (TPSA) is 46.9 Å². The summed E-state index contributed by atoms with van der Waals surface area (Å²) < 4.78 is 25.7. The molecule has 6 heteroatoms. The van der Waals surface area contributed by atoms with Gasteiger partial charge in [-0.15, -0.1) is 0 Å². The van der Waals surface area contributed by atoms with Crippen LogP contribution in [0.25, 0.3) is 10.8 Å². The van der Waals surface area contributed by atoms with Gasteiger partial charge in [0.25, 0.3) is 12.3 Å². The third kappa shape index (κ3) is 2.95. The first-order valence-corrected chi connectivity index (χ1v) is 6.73. The molecule has 0 fully saturated rings. The standard InChI is InChI=1S/C16H13F2N3O/c17-15(18)10-21-9-12(8-19-21)20-16(22)14-7-3-5-11-4-1-2-6-13(11)14/h1-9,15H,10H2,(H,20,22). The summed E-state index contributed by atoms with van der Waals surface area (Å²) in [5, 5.41) is 8.26. The number of benzene rings is 2. The number of anilines is 1. The van der Waals surface area contributed by atoms with E-state index >= 15 is 0 Å². The summed E-state index contributed by atoms with van der Waals surface area (Å²) in [6, 6.07) is 13.0. The van der Waals surface area contributed by atoms with Crippen LogP contribution in [0.2, 0.25) is 0 Å². The molecule has 0 aliphatic rings. The second-order valence-corrected chi connectivity index (χ2v) is 4.82. The Bertz CT molecular complexity index is 809. The Balaban J connectivity index is 1.83. The molecule has 1 aromatic heterocycles. The summed E-state index contributed by atoms with van der Waals surface area (Å²) in [7, 11) is 0. The minimum atomic E-state index is -2.48. The lowest BCUT2D eigenvalue weighted by molar-refractivity contribution is 0.102. The normalized spacial score (nSPS) is 11.0. The zero-order valence-corrected chi connectivity index (χ0v) is 11.5. The largest absolute Gasteiger partial charge is 0.319 e. The van der Waals surface area contributed by atoms with Crippen molar-refractivity contribution in [2.45, 2.75) is 13.0 Å². The summed E-state index contributed by atoms with van der Waals surface area (Å²) in [5.74, 6) is -0.298. The SMILES string of the molecule is O=C(Nc1cnn(CC(F)F)c1)c1cccc2ccccc12. The van der Waals surface area contributed by atoms with Gasteiger partial charge in [-0.05, 0) is 16.8 Å². The zero-order chi connectivity index (χ0) is 15.5. The molecule has 0 aliphatic heterocycles. The molecule has 0 aliphatic carbocycles. The predicted octanol–water partition coefficient (Wildman–Crippen LogP) is 3.55. The molecule has 0 saturated carbocycles. The molecule has 0 radical (unpaired) electrons. The highest BCUT2D eigenvalue weighted by Gasteiger charge is 2.12. The molecule has 1 amide bonds. The van der Waals surface area contributed by atoms with Gasteiger partial charge in [-0.25, -0.2) is 8.78 Å². The number of alkyl halides is 2. The maximum atomic E-state index is 12.4. The lowest BCUT2D eigenvalue weighted by Gasteiger charge is -2.06. The molecular formula is C16H13F2N3O. The number of halogens is 2. The van der Waals surface area contributed by atoms with Gasteiger partial charge in [0.1, 0.15) is 6.54 Å². The number of carbonyl (C=O) groups is 1. The fraction of sp³-hybridized carbons (Fsp3) is 0.125. The van der Waals surface area contributed by atoms with E-state index in [1.807, 2.05) is 30.3 Å². The lowest BCUT2D eigenvalue weighted by Crippen LogP contribution is -2.12. The number of carbonyl (C=O) groups excluding carboxylic acids is 1. The summed E-state index contributed by atoms with van der Waals surface area (Å²) in [6.45, 7) is -0.496. The molecule has 0 unspecified atom stereocenters. The van der Waals surface area contributed by atoms with Crippen LogP contribution in [0, 0.1) is 0 Å². The van der Waals surface area contributed by atoms with E-state index in [4.69, 9.17) is 0 Å². The fourth-order valence-electron chi connectivity index (χ4n) is 2.29. The van der Waals surface area contributed by atoms with Crippen molar-refractivity contribution in [2.75, 3.05) is 5.32 Å². The minimum Gasteiger partial charge on any atom is -0.319 e. The molecule has 3 rings (SSSR count). The number of aromatic nitrogens is 2. The van der Waals surface area contributed by atoms with Crippen molar-refractivity contribution >= 4 is 22.4 Å². The molecule has 0 spiro atoms. The average Bonchev–Trinajstić information content (AvgIpc) is 2.92. The number of nitrogens with one attached hydrogen (secondary N) is 1. The molecule has 3 aromatic rings. The number of fused-ring (bicyclic) bond motifs is 1. The smallest absolute Gasteiger partial charge is 0.257 e. The molecule has 0 bridgehead atoms. The van der Waals surface area contributed by atoms with Crippen LogP contribution in [0.4, 0.5) is 14.5 Å². The van der Waals surface area contributed by atoms with Crippen LogP contribution < -0.4 is 5.32 Å². The summed E-state index contributed by atoms with van der Waals surface area (Å²) in [5.41, 5.74) is 0.915. The molecule has 1 N–H and O–H groups in total. The van der Waals surface area contributed by atoms with Gasteiger partial charge in [0.15, 0.2) is 0 Å². The van der Waals surface area contributed by atoms with E-state index in [9.17, 15) is 13.6 Å². The zero-order valence-electron chi connectivity index (χ0n) is 11.5. The van der Waals surface area contributed by atoms with Crippen LogP contribution in [0.5, 0.6) is 0 Å². The van der Waals surface area contributed by atoms with E-state index < -0.39 is 13.0 Å². The van der Waals surface area contributed by atoms with Crippen molar-refractivity contribution in [2.24, 2.45) is 0 Å².